The van der Waals surface area contributed by atoms with Gasteiger partial charge in [0.05, 0.1) is 29.9 Å². The largest absolute Gasteiger partial charge is 0.377 e. The average molecular weight is 292 g/mol. The second kappa shape index (κ2) is 6.37. The molecular formula is C15H18ClN3O. The lowest BCUT2D eigenvalue weighted by atomic mass is 10.1. The van der Waals surface area contributed by atoms with Crippen molar-refractivity contribution in [3.8, 4) is 0 Å². The number of para-hydroxylation sites is 2. The van der Waals surface area contributed by atoms with Crippen molar-refractivity contribution in [3.63, 3.8) is 0 Å². The van der Waals surface area contributed by atoms with Crippen LogP contribution in [0.15, 0.2) is 30.5 Å². The molecule has 0 aliphatic carbocycles. The van der Waals surface area contributed by atoms with Gasteiger partial charge in [-0.2, -0.15) is 0 Å². The number of halogens is 1. The van der Waals surface area contributed by atoms with E-state index in [0.29, 0.717) is 18.6 Å². The molecule has 0 amide bonds. The Kier molecular flexibility index (Phi) is 4.33. The molecular weight excluding hydrogens is 274 g/mol. The van der Waals surface area contributed by atoms with Gasteiger partial charge in [0.2, 0.25) is 0 Å². The van der Waals surface area contributed by atoms with Crippen LogP contribution in [-0.4, -0.2) is 41.6 Å². The van der Waals surface area contributed by atoms with Gasteiger partial charge in [-0.15, -0.1) is 11.6 Å². The van der Waals surface area contributed by atoms with E-state index in [2.05, 4.69) is 14.9 Å². The number of hydrogen-bond acceptors (Lipinski definition) is 4. The first-order valence-corrected chi connectivity index (χ1v) is 7.54. The minimum atomic E-state index is 0.332. The summed E-state index contributed by atoms with van der Waals surface area (Å²) < 4.78 is 5.69. The van der Waals surface area contributed by atoms with Crippen LogP contribution >= 0.6 is 11.6 Å². The SMILES string of the molecule is ClCCOC1CCN(c2cnc3ccccc3n2)CC1. The lowest BCUT2D eigenvalue weighted by molar-refractivity contribution is 0.0471. The molecule has 5 heteroatoms. The summed E-state index contributed by atoms with van der Waals surface area (Å²) in [6, 6.07) is 7.96. The summed E-state index contributed by atoms with van der Waals surface area (Å²) in [5, 5.41) is 0. The minimum absolute atomic E-state index is 0.332. The van der Waals surface area contributed by atoms with Crippen molar-refractivity contribution in [2.75, 3.05) is 30.5 Å². The lowest BCUT2D eigenvalue weighted by Gasteiger charge is -2.32. The summed E-state index contributed by atoms with van der Waals surface area (Å²) in [7, 11) is 0. The van der Waals surface area contributed by atoms with E-state index in [1.165, 1.54) is 0 Å². The summed E-state index contributed by atoms with van der Waals surface area (Å²) in [6.45, 7) is 2.56. The molecule has 1 aromatic carbocycles. The third kappa shape index (κ3) is 3.02. The lowest BCUT2D eigenvalue weighted by Crippen LogP contribution is -2.37. The Labute approximate surface area is 123 Å². The van der Waals surface area contributed by atoms with Crippen molar-refractivity contribution in [2.24, 2.45) is 0 Å². The predicted octanol–water partition coefficient (Wildman–Crippen LogP) is 2.85. The van der Waals surface area contributed by atoms with Gasteiger partial charge in [-0.05, 0) is 25.0 Å². The van der Waals surface area contributed by atoms with Crippen molar-refractivity contribution in [2.45, 2.75) is 18.9 Å². The molecule has 0 atom stereocenters. The highest BCUT2D eigenvalue weighted by atomic mass is 35.5. The highest BCUT2D eigenvalue weighted by Gasteiger charge is 2.20. The van der Waals surface area contributed by atoms with Crippen LogP contribution in [0.3, 0.4) is 0 Å². The first kappa shape index (κ1) is 13.6. The number of hydrogen-bond donors (Lipinski definition) is 0. The summed E-state index contributed by atoms with van der Waals surface area (Å²) >= 11 is 5.65. The summed E-state index contributed by atoms with van der Waals surface area (Å²) in [6.07, 6.45) is 4.23. The van der Waals surface area contributed by atoms with Crippen LogP contribution in [0.1, 0.15) is 12.8 Å². The van der Waals surface area contributed by atoms with Crippen LogP contribution in [0.25, 0.3) is 11.0 Å². The first-order valence-electron chi connectivity index (χ1n) is 7.01. The van der Waals surface area contributed by atoms with Crippen molar-refractivity contribution in [1.29, 1.82) is 0 Å². The standard InChI is InChI=1S/C15H18ClN3O/c16-7-10-20-12-5-8-19(9-6-12)15-11-17-13-3-1-2-4-14(13)18-15/h1-4,11-12H,5-10H2. The molecule has 2 aromatic rings. The Hall–Kier alpha value is -1.39. The molecule has 0 saturated carbocycles. The highest BCUT2D eigenvalue weighted by molar-refractivity contribution is 6.17. The molecule has 0 spiro atoms. The minimum Gasteiger partial charge on any atom is -0.377 e. The van der Waals surface area contributed by atoms with Crippen molar-refractivity contribution in [1.82, 2.24) is 9.97 Å². The Bertz CT molecular complexity index is 570. The third-order valence-corrected chi connectivity index (χ3v) is 3.79. The normalized spacial score (nSPS) is 16.8. The van der Waals surface area contributed by atoms with E-state index in [1.807, 2.05) is 30.5 Å². The van der Waals surface area contributed by atoms with Crippen LogP contribution in [-0.2, 0) is 4.74 Å². The molecule has 1 fully saturated rings. The summed E-state index contributed by atoms with van der Waals surface area (Å²) in [5.41, 5.74) is 1.89. The van der Waals surface area contributed by atoms with Gasteiger partial charge >= 0.3 is 0 Å². The molecule has 1 aliphatic rings. The molecule has 106 valence electrons. The highest BCUT2D eigenvalue weighted by Crippen LogP contribution is 2.21. The third-order valence-electron chi connectivity index (χ3n) is 3.63. The molecule has 0 N–H and O–H groups in total. The molecule has 2 heterocycles. The molecule has 3 rings (SSSR count). The van der Waals surface area contributed by atoms with Gasteiger partial charge < -0.3 is 9.64 Å². The van der Waals surface area contributed by atoms with Gasteiger partial charge in [-0.3, -0.25) is 4.98 Å². The topological polar surface area (TPSA) is 38.2 Å². The van der Waals surface area contributed by atoms with Gasteiger partial charge in [0, 0.05) is 19.0 Å². The smallest absolute Gasteiger partial charge is 0.147 e. The number of rotatable bonds is 4. The van der Waals surface area contributed by atoms with Crippen LogP contribution in [0.4, 0.5) is 5.82 Å². The Morgan fingerprint density at radius 3 is 2.70 bits per heavy atom. The average Bonchev–Trinajstić information content (AvgIpc) is 2.53. The zero-order valence-corrected chi connectivity index (χ0v) is 12.1. The summed E-state index contributed by atoms with van der Waals surface area (Å²) in [5.74, 6) is 1.52. The Balaban J connectivity index is 1.67. The maximum Gasteiger partial charge on any atom is 0.147 e. The molecule has 0 bridgehead atoms. The molecule has 0 radical (unpaired) electrons. The van der Waals surface area contributed by atoms with Crippen LogP contribution in [0.2, 0.25) is 0 Å². The molecule has 0 unspecified atom stereocenters. The fourth-order valence-corrected chi connectivity index (χ4v) is 2.65. The number of ether oxygens (including phenoxy) is 1. The van der Waals surface area contributed by atoms with Crippen LogP contribution < -0.4 is 4.90 Å². The zero-order valence-electron chi connectivity index (χ0n) is 11.3. The molecule has 1 aliphatic heterocycles. The quantitative estimate of drug-likeness (QED) is 0.812. The number of aromatic nitrogens is 2. The molecule has 4 nitrogen and oxygen atoms in total. The van der Waals surface area contributed by atoms with Crippen molar-refractivity contribution < 1.29 is 4.74 Å². The molecule has 1 saturated heterocycles. The molecule has 1 aromatic heterocycles. The predicted molar refractivity (Wildman–Crippen MR) is 81.4 cm³/mol. The molecule has 20 heavy (non-hydrogen) atoms. The first-order chi connectivity index (χ1) is 9.86. The fourth-order valence-electron chi connectivity index (χ4n) is 2.56. The van der Waals surface area contributed by atoms with Crippen molar-refractivity contribution >= 4 is 28.5 Å². The number of nitrogens with zero attached hydrogens (tertiary/aromatic N) is 3. The zero-order chi connectivity index (χ0) is 13.8. The monoisotopic (exact) mass is 291 g/mol. The van der Waals surface area contributed by atoms with Crippen LogP contribution in [0, 0.1) is 0 Å². The fraction of sp³-hybridized carbons (Fsp3) is 0.467. The maximum atomic E-state index is 5.69. The van der Waals surface area contributed by atoms with E-state index in [9.17, 15) is 0 Å². The van der Waals surface area contributed by atoms with Gasteiger partial charge in [-0.1, -0.05) is 12.1 Å². The second-order valence-electron chi connectivity index (χ2n) is 4.96. The van der Waals surface area contributed by atoms with Gasteiger partial charge in [0.1, 0.15) is 5.82 Å². The van der Waals surface area contributed by atoms with E-state index in [0.717, 1.165) is 42.8 Å². The van der Waals surface area contributed by atoms with E-state index in [1.54, 1.807) is 0 Å². The van der Waals surface area contributed by atoms with Crippen LogP contribution in [0.5, 0.6) is 0 Å². The van der Waals surface area contributed by atoms with E-state index >= 15 is 0 Å². The number of anilines is 1. The Morgan fingerprint density at radius 1 is 1.20 bits per heavy atom. The number of alkyl halides is 1. The van der Waals surface area contributed by atoms with E-state index < -0.39 is 0 Å². The van der Waals surface area contributed by atoms with E-state index in [4.69, 9.17) is 16.3 Å². The number of piperidine rings is 1. The Morgan fingerprint density at radius 2 is 1.95 bits per heavy atom. The van der Waals surface area contributed by atoms with E-state index in [-0.39, 0.29) is 0 Å². The maximum absolute atomic E-state index is 5.69. The number of benzene rings is 1. The van der Waals surface area contributed by atoms with Gasteiger partial charge in [0.15, 0.2) is 0 Å². The summed E-state index contributed by atoms with van der Waals surface area (Å²) in [4.78, 5) is 11.4. The second-order valence-corrected chi connectivity index (χ2v) is 5.34. The van der Waals surface area contributed by atoms with Gasteiger partial charge in [0.25, 0.3) is 0 Å². The van der Waals surface area contributed by atoms with Crippen molar-refractivity contribution in [3.05, 3.63) is 30.5 Å². The van der Waals surface area contributed by atoms with Gasteiger partial charge in [-0.25, -0.2) is 4.98 Å². The number of fused-ring (bicyclic) bond motifs is 1.